The lowest BCUT2D eigenvalue weighted by atomic mass is 9.98. The second-order valence-corrected chi connectivity index (χ2v) is 5.97. The summed E-state index contributed by atoms with van der Waals surface area (Å²) in [4.78, 5) is 37.2. The molecule has 21 heavy (non-hydrogen) atoms. The van der Waals surface area contributed by atoms with E-state index in [-0.39, 0.29) is 24.1 Å². The van der Waals surface area contributed by atoms with E-state index in [1.807, 2.05) is 18.2 Å². The Kier molecular flexibility index (Phi) is 3.27. The van der Waals surface area contributed by atoms with Crippen molar-refractivity contribution < 1.29 is 14.4 Å². The quantitative estimate of drug-likeness (QED) is 0.839. The van der Waals surface area contributed by atoms with Crippen LogP contribution in [0.5, 0.6) is 0 Å². The first kappa shape index (κ1) is 13.8. The zero-order valence-corrected chi connectivity index (χ0v) is 12.2. The van der Waals surface area contributed by atoms with Gasteiger partial charge in [-0.25, -0.2) is 0 Å². The summed E-state index contributed by atoms with van der Waals surface area (Å²) in [5.74, 6) is -0.344. The summed E-state index contributed by atoms with van der Waals surface area (Å²) in [7, 11) is 0. The molecule has 1 fully saturated rings. The predicted molar refractivity (Wildman–Crippen MR) is 76.6 cm³/mol. The molecule has 2 aliphatic rings. The number of fused-ring (bicyclic) bond motifs is 1. The highest BCUT2D eigenvalue weighted by atomic mass is 16.2. The molecular weight excluding hydrogens is 268 g/mol. The fourth-order valence-corrected chi connectivity index (χ4v) is 2.95. The molecular formula is C16H18N2O3. The van der Waals surface area contributed by atoms with E-state index in [0.29, 0.717) is 24.4 Å². The minimum Gasteiger partial charge on any atom is -0.322 e. The average Bonchev–Trinajstić information content (AvgIpc) is 2.75. The van der Waals surface area contributed by atoms with Crippen molar-refractivity contribution >= 4 is 17.7 Å². The molecule has 1 atom stereocenters. The van der Waals surface area contributed by atoms with E-state index in [2.05, 4.69) is 19.2 Å². The molecule has 3 amide bonds. The largest absolute Gasteiger partial charge is 0.322 e. The van der Waals surface area contributed by atoms with E-state index in [4.69, 9.17) is 0 Å². The van der Waals surface area contributed by atoms with E-state index in [1.54, 1.807) is 4.90 Å². The van der Waals surface area contributed by atoms with Gasteiger partial charge in [0.2, 0.25) is 11.8 Å². The van der Waals surface area contributed by atoms with Gasteiger partial charge in [0.15, 0.2) is 0 Å². The molecule has 0 aliphatic carbocycles. The molecule has 110 valence electrons. The van der Waals surface area contributed by atoms with Crippen molar-refractivity contribution in [1.82, 2.24) is 10.2 Å². The Morgan fingerprint density at radius 3 is 2.67 bits per heavy atom. The molecule has 0 bridgehead atoms. The molecule has 0 aromatic heterocycles. The summed E-state index contributed by atoms with van der Waals surface area (Å²) in [6.45, 7) is 4.66. The number of hydrogen-bond acceptors (Lipinski definition) is 3. The number of imide groups is 1. The number of rotatable bonds is 2. The minimum absolute atomic E-state index is 0.116. The van der Waals surface area contributed by atoms with Crippen LogP contribution in [0.3, 0.4) is 0 Å². The van der Waals surface area contributed by atoms with Gasteiger partial charge < -0.3 is 4.90 Å². The third-order valence-electron chi connectivity index (χ3n) is 4.21. The van der Waals surface area contributed by atoms with Gasteiger partial charge >= 0.3 is 0 Å². The molecule has 0 saturated carbocycles. The molecule has 1 aromatic rings. The van der Waals surface area contributed by atoms with Crippen molar-refractivity contribution in [2.45, 2.75) is 45.2 Å². The van der Waals surface area contributed by atoms with Crippen molar-refractivity contribution in [2.24, 2.45) is 0 Å². The third kappa shape index (κ3) is 2.33. The van der Waals surface area contributed by atoms with Crippen molar-refractivity contribution in [3.63, 3.8) is 0 Å². The number of carbonyl (C=O) groups is 3. The van der Waals surface area contributed by atoms with Crippen molar-refractivity contribution in [2.75, 3.05) is 0 Å². The van der Waals surface area contributed by atoms with Gasteiger partial charge in [-0.15, -0.1) is 0 Å². The molecule has 1 saturated heterocycles. The van der Waals surface area contributed by atoms with Gasteiger partial charge in [0, 0.05) is 18.5 Å². The van der Waals surface area contributed by atoms with Gasteiger partial charge in [0.25, 0.3) is 5.91 Å². The first-order valence-electron chi connectivity index (χ1n) is 7.25. The highest BCUT2D eigenvalue weighted by Gasteiger charge is 2.39. The summed E-state index contributed by atoms with van der Waals surface area (Å²) >= 11 is 0. The van der Waals surface area contributed by atoms with Crippen LogP contribution < -0.4 is 5.32 Å². The first-order chi connectivity index (χ1) is 9.97. The zero-order chi connectivity index (χ0) is 15.1. The van der Waals surface area contributed by atoms with Crippen LogP contribution in [-0.2, 0) is 16.1 Å². The Bertz CT molecular complexity index is 636. The first-order valence-corrected chi connectivity index (χ1v) is 7.25. The van der Waals surface area contributed by atoms with Gasteiger partial charge in [-0.3, -0.25) is 19.7 Å². The van der Waals surface area contributed by atoms with Gasteiger partial charge in [-0.1, -0.05) is 26.0 Å². The maximum atomic E-state index is 12.5. The third-order valence-corrected chi connectivity index (χ3v) is 4.21. The number of benzene rings is 1. The molecule has 1 N–H and O–H groups in total. The van der Waals surface area contributed by atoms with Gasteiger partial charge in [0.05, 0.1) is 0 Å². The maximum Gasteiger partial charge on any atom is 0.255 e. The molecule has 2 aliphatic heterocycles. The van der Waals surface area contributed by atoms with Gasteiger partial charge in [-0.05, 0) is 29.5 Å². The Hall–Kier alpha value is -2.17. The number of hydrogen-bond donors (Lipinski definition) is 1. The van der Waals surface area contributed by atoms with Crippen LogP contribution >= 0.6 is 0 Å². The van der Waals surface area contributed by atoms with Crippen LogP contribution in [0.15, 0.2) is 18.2 Å². The molecule has 5 nitrogen and oxygen atoms in total. The lowest BCUT2D eigenvalue weighted by Gasteiger charge is -2.29. The van der Waals surface area contributed by atoms with E-state index < -0.39 is 6.04 Å². The summed E-state index contributed by atoms with van der Waals surface area (Å²) in [6.07, 6.45) is 0.690. The lowest BCUT2D eigenvalue weighted by Crippen LogP contribution is -2.52. The molecule has 1 aromatic carbocycles. The van der Waals surface area contributed by atoms with Crippen molar-refractivity contribution in [1.29, 1.82) is 0 Å². The van der Waals surface area contributed by atoms with Crippen molar-refractivity contribution in [3.05, 3.63) is 34.9 Å². The number of nitrogens with zero attached hydrogens (tertiary/aromatic N) is 1. The second kappa shape index (κ2) is 4.98. The van der Waals surface area contributed by atoms with Crippen LogP contribution in [0, 0.1) is 0 Å². The number of nitrogens with one attached hydrogen (secondary N) is 1. The Labute approximate surface area is 123 Å². The van der Waals surface area contributed by atoms with Crippen LogP contribution in [-0.4, -0.2) is 28.7 Å². The topological polar surface area (TPSA) is 66.5 Å². The summed E-state index contributed by atoms with van der Waals surface area (Å²) in [5.41, 5.74) is 2.83. The van der Waals surface area contributed by atoms with Crippen LogP contribution in [0.25, 0.3) is 0 Å². The van der Waals surface area contributed by atoms with E-state index in [1.165, 1.54) is 5.56 Å². The highest BCUT2D eigenvalue weighted by Crippen LogP contribution is 2.29. The molecule has 0 radical (unpaired) electrons. The number of carbonyl (C=O) groups excluding carboxylic acids is 3. The fraction of sp³-hybridized carbons (Fsp3) is 0.438. The number of piperidine rings is 1. The van der Waals surface area contributed by atoms with E-state index in [0.717, 1.165) is 5.56 Å². The Balaban J connectivity index is 1.86. The summed E-state index contributed by atoms with van der Waals surface area (Å²) in [6, 6.07) is 5.32. The van der Waals surface area contributed by atoms with Crippen LogP contribution in [0.1, 0.15) is 54.1 Å². The van der Waals surface area contributed by atoms with E-state index >= 15 is 0 Å². The SMILES string of the molecule is CC(C)c1ccc2c(c1)CN(C1CCC(=O)NC1=O)C2=O. The van der Waals surface area contributed by atoms with E-state index in [9.17, 15) is 14.4 Å². The molecule has 1 unspecified atom stereocenters. The predicted octanol–water partition coefficient (Wildman–Crippen LogP) is 1.57. The van der Waals surface area contributed by atoms with Gasteiger partial charge in [-0.2, -0.15) is 0 Å². The molecule has 0 spiro atoms. The van der Waals surface area contributed by atoms with Crippen molar-refractivity contribution in [3.8, 4) is 0 Å². The zero-order valence-electron chi connectivity index (χ0n) is 12.2. The molecule has 2 heterocycles. The Morgan fingerprint density at radius 2 is 2.00 bits per heavy atom. The maximum absolute atomic E-state index is 12.5. The minimum atomic E-state index is -0.537. The monoisotopic (exact) mass is 286 g/mol. The average molecular weight is 286 g/mol. The second-order valence-electron chi connectivity index (χ2n) is 5.97. The molecule has 5 heteroatoms. The fourth-order valence-electron chi connectivity index (χ4n) is 2.95. The van der Waals surface area contributed by atoms with Gasteiger partial charge in [0.1, 0.15) is 6.04 Å². The highest BCUT2D eigenvalue weighted by molar-refractivity contribution is 6.05. The number of amides is 3. The summed E-state index contributed by atoms with van der Waals surface area (Å²) in [5, 5.41) is 2.31. The smallest absolute Gasteiger partial charge is 0.255 e. The lowest BCUT2D eigenvalue weighted by molar-refractivity contribution is -0.136. The Morgan fingerprint density at radius 1 is 1.24 bits per heavy atom. The normalized spacial score (nSPS) is 21.8. The standard InChI is InChI=1S/C16H18N2O3/c1-9(2)10-3-4-12-11(7-10)8-18(16(12)21)13-5-6-14(19)17-15(13)20/h3-4,7,9,13H,5-6,8H2,1-2H3,(H,17,19,20). The van der Waals surface area contributed by atoms with Crippen LogP contribution in [0.4, 0.5) is 0 Å². The van der Waals surface area contributed by atoms with Crippen LogP contribution in [0.2, 0.25) is 0 Å². The summed E-state index contributed by atoms with van der Waals surface area (Å²) < 4.78 is 0. The molecule has 3 rings (SSSR count).